The van der Waals surface area contributed by atoms with Crippen molar-refractivity contribution < 1.29 is 33.6 Å². The van der Waals surface area contributed by atoms with Crippen LogP contribution in [0.2, 0.25) is 0 Å². The van der Waals surface area contributed by atoms with Gasteiger partial charge in [-0.1, -0.05) is 0 Å². The number of hydrogen-bond donors (Lipinski definition) is 2. The topological polar surface area (TPSA) is 103 Å². The van der Waals surface area contributed by atoms with Crippen LogP contribution in [0.5, 0.6) is 0 Å². The van der Waals surface area contributed by atoms with Gasteiger partial charge in [-0.2, -0.15) is 0 Å². The second-order valence-electron chi connectivity index (χ2n) is 4.39. The molecule has 0 saturated carbocycles. The standard InChI is InChI=1S/C14H27NO7/c1-6-19-13(12(17)18,22-10-9-11(4)16)14(15-5,20-7-2)21-8-3/h15H,6-10H2,1-5H3,(H,17,18). The molecule has 0 spiro atoms. The van der Waals surface area contributed by atoms with Crippen molar-refractivity contribution in [2.24, 2.45) is 0 Å². The maximum Gasteiger partial charge on any atom is 0.372 e. The number of nitrogens with one attached hydrogen (secondary N) is 1. The van der Waals surface area contributed by atoms with Gasteiger partial charge in [0, 0.05) is 26.2 Å². The molecule has 0 aromatic heterocycles. The molecule has 0 amide bonds. The molecule has 0 bridgehead atoms. The van der Waals surface area contributed by atoms with E-state index in [9.17, 15) is 14.7 Å². The van der Waals surface area contributed by atoms with Gasteiger partial charge < -0.3 is 24.1 Å². The van der Waals surface area contributed by atoms with Gasteiger partial charge >= 0.3 is 11.8 Å². The van der Waals surface area contributed by atoms with Crippen LogP contribution in [0.4, 0.5) is 0 Å². The highest BCUT2D eigenvalue weighted by atomic mass is 16.8. The van der Waals surface area contributed by atoms with Gasteiger partial charge in [0.25, 0.3) is 5.91 Å². The molecule has 1 unspecified atom stereocenters. The van der Waals surface area contributed by atoms with E-state index < -0.39 is 17.7 Å². The van der Waals surface area contributed by atoms with E-state index in [-0.39, 0.29) is 38.6 Å². The molecule has 0 heterocycles. The molecule has 0 saturated heterocycles. The summed E-state index contributed by atoms with van der Waals surface area (Å²) in [5.41, 5.74) is 0. The van der Waals surface area contributed by atoms with Crippen LogP contribution in [0.3, 0.4) is 0 Å². The summed E-state index contributed by atoms with van der Waals surface area (Å²) >= 11 is 0. The second kappa shape index (κ2) is 9.86. The molecule has 0 aliphatic heterocycles. The predicted molar refractivity (Wildman–Crippen MR) is 78.3 cm³/mol. The number of ether oxygens (including phenoxy) is 4. The lowest BCUT2D eigenvalue weighted by atomic mass is 10.1. The molecular formula is C14H27NO7. The number of likely N-dealkylation sites (N-methyl/N-ethyl adjacent to an activating group) is 1. The van der Waals surface area contributed by atoms with Crippen LogP contribution in [0.25, 0.3) is 0 Å². The number of carbonyl (C=O) groups is 2. The largest absolute Gasteiger partial charge is 0.477 e. The van der Waals surface area contributed by atoms with E-state index in [1.807, 2.05) is 0 Å². The first kappa shape index (κ1) is 20.9. The molecule has 0 aromatic rings. The highest BCUT2D eigenvalue weighted by Gasteiger charge is 2.62. The molecule has 8 nitrogen and oxygen atoms in total. The van der Waals surface area contributed by atoms with E-state index in [1.54, 1.807) is 20.8 Å². The van der Waals surface area contributed by atoms with E-state index >= 15 is 0 Å². The molecule has 0 aliphatic carbocycles. The van der Waals surface area contributed by atoms with E-state index in [4.69, 9.17) is 18.9 Å². The number of carboxylic acids is 1. The van der Waals surface area contributed by atoms with Gasteiger partial charge in [-0.25, -0.2) is 4.79 Å². The summed E-state index contributed by atoms with van der Waals surface area (Å²) in [5.74, 6) is -5.61. The lowest BCUT2D eigenvalue weighted by molar-refractivity contribution is -0.404. The molecule has 130 valence electrons. The Labute approximate surface area is 131 Å². The first-order chi connectivity index (χ1) is 10.4. The Morgan fingerprint density at radius 3 is 1.82 bits per heavy atom. The maximum absolute atomic E-state index is 11.9. The minimum Gasteiger partial charge on any atom is -0.477 e. The fraction of sp³-hybridized carbons (Fsp3) is 0.857. The molecule has 8 heteroatoms. The highest BCUT2D eigenvalue weighted by Crippen LogP contribution is 2.32. The smallest absolute Gasteiger partial charge is 0.372 e. The molecule has 0 fully saturated rings. The van der Waals surface area contributed by atoms with Crippen molar-refractivity contribution >= 4 is 11.8 Å². The fourth-order valence-electron chi connectivity index (χ4n) is 1.98. The van der Waals surface area contributed by atoms with Crippen LogP contribution < -0.4 is 5.32 Å². The Bertz CT molecular complexity index is 355. The fourth-order valence-corrected chi connectivity index (χ4v) is 1.98. The molecule has 2 N–H and O–H groups in total. The molecule has 22 heavy (non-hydrogen) atoms. The highest BCUT2D eigenvalue weighted by molar-refractivity contribution is 5.77. The predicted octanol–water partition coefficient (Wildman–Crippen LogP) is 0.746. The lowest BCUT2D eigenvalue weighted by Gasteiger charge is -2.44. The molecule has 1 atom stereocenters. The third-order valence-corrected chi connectivity index (χ3v) is 2.85. The molecular weight excluding hydrogens is 294 g/mol. The number of hydrogen-bond acceptors (Lipinski definition) is 7. The van der Waals surface area contributed by atoms with Crippen molar-refractivity contribution in [1.29, 1.82) is 0 Å². The van der Waals surface area contributed by atoms with Crippen LogP contribution in [-0.4, -0.2) is 62.0 Å². The first-order valence-electron chi connectivity index (χ1n) is 7.33. The zero-order valence-corrected chi connectivity index (χ0v) is 13.9. The van der Waals surface area contributed by atoms with Crippen LogP contribution >= 0.6 is 0 Å². The van der Waals surface area contributed by atoms with Crippen molar-refractivity contribution in [1.82, 2.24) is 5.32 Å². The van der Waals surface area contributed by atoms with Crippen LogP contribution in [0.1, 0.15) is 34.1 Å². The number of carbonyl (C=O) groups excluding carboxylic acids is 1. The summed E-state index contributed by atoms with van der Waals surface area (Å²) in [4.78, 5) is 23.0. The van der Waals surface area contributed by atoms with Gasteiger partial charge in [-0.3, -0.25) is 10.1 Å². The van der Waals surface area contributed by atoms with Gasteiger partial charge in [-0.15, -0.1) is 0 Å². The summed E-state index contributed by atoms with van der Waals surface area (Å²) < 4.78 is 21.9. The third kappa shape index (κ3) is 4.72. The second-order valence-corrected chi connectivity index (χ2v) is 4.39. The maximum atomic E-state index is 11.9. The zero-order chi connectivity index (χ0) is 17.2. The Hall–Kier alpha value is -1.06. The van der Waals surface area contributed by atoms with Crippen molar-refractivity contribution in [3.8, 4) is 0 Å². The lowest BCUT2D eigenvalue weighted by Crippen LogP contribution is -2.71. The quantitative estimate of drug-likeness (QED) is 0.479. The van der Waals surface area contributed by atoms with Gasteiger partial charge in [0.15, 0.2) is 0 Å². The van der Waals surface area contributed by atoms with Crippen molar-refractivity contribution in [2.45, 2.75) is 45.8 Å². The number of rotatable bonds is 13. The summed E-state index contributed by atoms with van der Waals surface area (Å²) in [7, 11) is 1.48. The van der Waals surface area contributed by atoms with E-state index in [0.717, 1.165) is 0 Å². The summed E-state index contributed by atoms with van der Waals surface area (Å²) in [6.07, 6.45) is 0.0557. The number of carboxylic acid groups (broad SMARTS) is 1. The Balaban J connectivity index is 5.71. The molecule has 0 aliphatic rings. The minimum atomic E-state index is -2.24. The van der Waals surface area contributed by atoms with Gasteiger partial charge in [-0.05, 0) is 34.7 Å². The van der Waals surface area contributed by atoms with Gasteiger partial charge in [0.05, 0.1) is 6.61 Å². The zero-order valence-electron chi connectivity index (χ0n) is 13.9. The Morgan fingerprint density at radius 1 is 1.00 bits per heavy atom. The average molecular weight is 321 g/mol. The van der Waals surface area contributed by atoms with E-state index in [0.29, 0.717) is 0 Å². The number of aliphatic carboxylic acids is 1. The van der Waals surface area contributed by atoms with Crippen molar-refractivity contribution in [3.05, 3.63) is 0 Å². The first-order valence-corrected chi connectivity index (χ1v) is 7.33. The normalized spacial score (nSPS) is 14.6. The minimum absolute atomic E-state index is 0.0515. The van der Waals surface area contributed by atoms with Gasteiger partial charge in [0.2, 0.25) is 0 Å². The third-order valence-electron chi connectivity index (χ3n) is 2.85. The molecule has 0 radical (unpaired) electrons. The van der Waals surface area contributed by atoms with Crippen LogP contribution in [0.15, 0.2) is 0 Å². The van der Waals surface area contributed by atoms with Gasteiger partial charge in [0.1, 0.15) is 5.78 Å². The average Bonchev–Trinajstić information content (AvgIpc) is 2.45. The Kier molecular flexibility index (Phi) is 9.38. The summed E-state index contributed by atoms with van der Waals surface area (Å²) in [6.45, 7) is 6.66. The van der Waals surface area contributed by atoms with Crippen molar-refractivity contribution in [2.75, 3.05) is 33.5 Å². The molecule has 0 rings (SSSR count). The SMILES string of the molecule is CCOC(NC)(OCC)C(OCC)(OCCC(C)=O)C(=O)O. The van der Waals surface area contributed by atoms with Crippen LogP contribution in [-0.2, 0) is 28.5 Å². The summed E-state index contributed by atoms with van der Waals surface area (Å²) in [6, 6.07) is 0. The number of ketones is 1. The monoisotopic (exact) mass is 321 g/mol. The summed E-state index contributed by atoms with van der Waals surface area (Å²) in [5, 5.41) is 12.4. The Morgan fingerprint density at radius 2 is 1.50 bits per heavy atom. The van der Waals surface area contributed by atoms with E-state index in [1.165, 1.54) is 14.0 Å². The van der Waals surface area contributed by atoms with Crippen molar-refractivity contribution in [3.63, 3.8) is 0 Å². The van der Waals surface area contributed by atoms with E-state index in [2.05, 4.69) is 5.32 Å². The molecule has 0 aromatic carbocycles. The number of Topliss-reactive ketones (excluding diaryl/α,β-unsaturated/α-hetero) is 1. The van der Waals surface area contributed by atoms with Crippen LogP contribution in [0, 0.1) is 0 Å².